The monoisotopic (exact) mass is 342 g/mol. The first-order valence-electron chi connectivity index (χ1n) is 7.11. The molecular formula is C15H20BrClN2. The average molecular weight is 344 g/mol. The molecule has 104 valence electrons. The van der Waals surface area contributed by atoms with Crippen molar-refractivity contribution in [2.75, 3.05) is 31.1 Å². The number of halogens is 2. The van der Waals surface area contributed by atoms with Gasteiger partial charge in [-0.05, 0) is 37.1 Å². The Morgan fingerprint density at radius 2 is 2.11 bits per heavy atom. The molecule has 2 aliphatic rings. The van der Waals surface area contributed by atoms with Gasteiger partial charge in [-0.15, -0.1) is 11.6 Å². The molecule has 2 aliphatic heterocycles. The number of hydrogen-bond acceptors (Lipinski definition) is 2. The van der Waals surface area contributed by atoms with E-state index in [1.54, 1.807) is 0 Å². The molecule has 2 nitrogen and oxygen atoms in total. The molecule has 2 fully saturated rings. The van der Waals surface area contributed by atoms with Crippen molar-refractivity contribution in [3.63, 3.8) is 0 Å². The minimum absolute atomic E-state index is 0.567. The third-order valence-electron chi connectivity index (χ3n) is 4.38. The van der Waals surface area contributed by atoms with Crippen LogP contribution in [0.1, 0.15) is 24.8 Å². The summed E-state index contributed by atoms with van der Waals surface area (Å²) in [6.45, 7) is 4.82. The van der Waals surface area contributed by atoms with Gasteiger partial charge in [-0.3, -0.25) is 4.90 Å². The summed E-state index contributed by atoms with van der Waals surface area (Å²) in [5.74, 6) is 0.567. The van der Waals surface area contributed by atoms with Crippen molar-refractivity contribution in [3.05, 3.63) is 28.2 Å². The van der Waals surface area contributed by atoms with E-state index in [4.69, 9.17) is 11.6 Å². The number of hydrogen-bond donors (Lipinski definition) is 0. The van der Waals surface area contributed by atoms with Crippen LogP contribution in [0.25, 0.3) is 0 Å². The lowest BCUT2D eigenvalue weighted by atomic mass is 9.99. The van der Waals surface area contributed by atoms with Crippen LogP contribution < -0.4 is 4.90 Å². The third-order valence-corrected chi connectivity index (χ3v) is 5.41. The molecular weight excluding hydrogens is 324 g/mol. The molecule has 0 radical (unpaired) electrons. The van der Waals surface area contributed by atoms with E-state index in [1.807, 2.05) is 0 Å². The highest BCUT2D eigenvalue weighted by atomic mass is 79.9. The highest BCUT2D eigenvalue weighted by Crippen LogP contribution is 2.29. The van der Waals surface area contributed by atoms with Crippen LogP contribution in [-0.4, -0.2) is 37.1 Å². The van der Waals surface area contributed by atoms with E-state index in [0.717, 1.165) is 17.1 Å². The fourth-order valence-corrected chi connectivity index (χ4v) is 4.13. The molecule has 3 rings (SSSR count). The highest BCUT2D eigenvalue weighted by Gasteiger charge is 2.28. The summed E-state index contributed by atoms with van der Waals surface area (Å²) in [6, 6.07) is 7.32. The highest BCUT2D eigenvalue weighted by molar-refractivity contribution is 9.10. The maximum Gasteiger partial charge on any atom is 0.0485 e. The topological polar surface area (TPSA) is 6.48 Å². The molecule has 0 bridgehead atoms. The van der Waals surface area contributed by atoms with Crippen LogP contribution in [0.5, 0.6) is 0 Å². The van der Waals surface area contributed by atoms with Crippen molar-refractivity contribution in [1.29, 1.82) is 0 Å². The van der Waals surface area contributed by atoms with Gasteiger partial charge in [-0.2, -0.15) is 0 Å². The quantitative estimate of drug-likeness (QED) is 0.752. The SMILES string of the molecule is ClCc1ccc(N2CCN3CCCCC3C2)cc1Br. The van der Waals surface area contributed by atoms with E-state index in [2.05, 4.69) is 43.9 Å². The number of fused-ring (bicyclic) bond motifs is 1. The fourth-order valence-electron chi connectivity index (χ4n) is 3.23. The Labute approximate surface area is 128 Å². The zero-order valence-corrected chi connectivity index (χ0v) is 13.5. The van der Waals surface area contributed by atoms with Crippen molar-refractivity contribution >= 4 is 33.2 Å². The van der Waals surface area contributed by atoms with Gasteiger partial charge < -0.3 is 4.90 Å². The lowest BCUT2D eigenvalue weighted by Crippen LogP contribution is -2.54. The van der Waals surface area contributed by atoms with Crippen LogP contribution in [0.4, 0.5) is 5.69 Å². The average Bonchev–Trinajstić information content (AvgIpc) is 2.46. The van der Waals surface area contributed by atoms with Crippen molar-refractivity contribution in [3.8, 4) is 0 Å². The summed E-state index contributed by atoms with van der Waals surface area (Å²) in [5.41, 5.74) is 2.49. The largest absolute Gasteiger partial charge is 0.369 e. The predicted molar refractivity (Wildman–Crippen MR) is 85.1 cm³/mol. The second-order valence-corrected chi connectivity index (χ2v) is 6.66. The predicted octanol–water partition coefficient (Wildman–Crippen LogP) is 3.86. The van der Waals surface area contributed by atoms with Gasteiger partial charge in [0, 0.05) is 41.7 Å². The molecule has 1 aromatic rings. The van der Waals surface area contributed by atoms with E-state index >= 15 is 0 Å². The summed E-state index contributed by atoms with van der Waals surface area (Å²) in [5, 5.41) is 0. The summed E-state index contributed by atoms with van der Waals surface area (Å²) in [7, 11) is 0. The van der Waals surface area contributed by atoms with Gasteiger partial charge in [0.2, 0.25) is 0 Å². The molecule has 0 aromatic heterocycles. The summed E-state index contributed by atoms with van der Waals surface area (Å²) in [4.78, 5) is 5.19. The molecule has 2 saturated heterocycles. The Morgan fingerprint density at radius 1 is 1.21 bits per heavy atom. The Morgan fingerprint density at radius 3 is 2.89 bits per heavy atom. The minimum Gasteiger partial charge on any atom is -0.369 e. The van der Waals surface area contributed by atoms with Gasteiger partial charge in [-0.25, -0.2) is 0 Å². The minimum atomic E-state index is 0.567. The van der Waals surface area contributed by atoms with E-state index in [1.165, 1.54) is 50.1 Å². The zero-order valence-electron chi connectivity index (χ0n) is 11.1. The standard InChI is InChI=1S/C15H20BrClN2/c16-15-9-13(5-4-12(15)10-17)19-8-7-18-6-2-1-3-14(18)11-19/h4-5,9,14H,1-3,6-8,10-11H2. The maximum atomic E-state index is 5.91. The van der Waals surface area contributed by atoms with E-state index < -0.39 is 0 Å². The molecule has 0 N–H and O–H groups in total. The fraction of sp³-hybridized carbons (Fsp3) is 0.600. The van der Waals surface area contributed by atoms with Crippen molar-refractivity contribution in [2.24, 2.45) is 0 Å². The molecule has 0 spiro atoms. The number of piperidine rings is 1. The van der Waals surface area contributed by atoms with Gasteiger partial charge >= 0.3 is 0 Å². The molecule has 19 heavy (non-hydrogen) atoms. The number of anilines is 1. The van der Waals surface area contributed by atoms with Crippen molar-refractivity contribution < 1.29 is 0 Å². The van der Waals surface area contributed by atoms with Gasteiger partial charge in [0.25, 0.3) is 0 Å². The second kappa shape index (κ2) is 6.02. The normalized spacial score (nSPS) is 24.3. The molecule has 0 aliphatic carbocycles. The number of piperazine rings is 1. The number of rotatable bonds is 2. The maximum absolute atomic E-state index is 5.91. The Bertz CT molecular complexity index is 452. The lowest BCUT2D eigenvalue weighted by molar-refractivity contribution is 0.133. The van der Waals surface area contributed by atoms with Crippen LogP contribution in [0.15, 0.2) is 22.7 Å². The first-order valence-corrected chi connectivity index (χ1v) is 8.44. The van der Waals surface area contributed by atoms with E-state index in [0.29, 0.717) is 5.88 Å². The molecule has 0 amide bonds. The van der Waals surface area contributed by atoms with Crippen LogP contribution in [-0.2, 0) is 5.88 Å². The smallest absolute Gasteiger partial charge is 0.0485 e. The van der Waals surface area contributed by atoms with Crippen LogP contribution in [0.2, 0.25) is 0 Å². The molecule has 1 unspecified atom stereocenters. The van der Waals surface area contributed by atoms with Gasteiger partial charge in [-0.1, -0.05) is 28.4 Å². The Hall–Kier alpha value is -0.250. The van der Waals surface area contributed by atoms with Crippen LogP contribution in [0.3, 0.4) is 0 Å². The van der Waals surface area contributed by atoms with E-state index in [-0.39, 0.29) is 0 Å². The van der Waals surface area contributed by atoms with Crippen molar-refractivity contribution in [2.45, 2.75) is 31.2 Å². The molecule has 1 aromatic carbocycles. The van der Waals surface area contributed by atoms with Crippen LogP contribution in [0, 0.1) is 0 Å². The Balaban J connectivity index is 1.74. The number of nitrogens with zero attached hydrogens (tertiary/aromatic N) is 2. The van der Waals surface area contributed by atoms with Gasteiger partial charge in [0.15, 0.2) is 0 Å². The first kappa shape index (κ1) is 13.7. The summed E-state index contributed by atoms with van der Waals surface area (Å²) < 4.78 is 1.13. The molecule has 0 saturated carbocycles. The molecule has 1 atom stereocenters. The van der Waals surface area contributed by atoms with Gasteiger partial charge in [0.05, 0.1) is 0 Å². The summed E-state index contributed by atoms with van der Waals surface area (Å²) in [6.07, 6.45) is 4.13. The van der Waals surface area contributed by atoms with Crippen molar-refractivity contribution in [1.82, 2.24) is 4.90 Å². The third kappa shape index (κ3) is 2.93. The summed E-state index contributed by atoms with van der Waals surface area (Å²) >= 11 is 9.53. The molecule has 4 heteroatoms. The van der Waals surface area contributed by atoms with Crippen LogP contribution >= 0.6 is 27.5 Å². The zero-order chi connectivity index (χ0) is 13.2. The Kier molecular flexibility index (Phi) is 4.35. The van der Waals surface area contributed by atoms with Gasteiger partial charge in [0.1, 0.15) is 0 Å². The number of benzene rings is 1. The molecule has 2 heterocycles. The van der Waals surface area contributed by atoms with E-state index in [9.17, 15) is 0 Å². The number of alkyl halides is 1. The first-order chi connectivity index (χ1) is 9.28. The second-order valence-electron chi connectivity index (χ2n) is 5.54. The lowest BCUT2D eigenvalue weighted by Gasteiger charge is -2.45.